The summed E-state index contributed by atoms with van der Waals surface area (Å²) in [5.41, 5.74) is 7.15. The Morgan fingerprint density at radius 1 is 1.18 bits per heavy atom. The van der Waals surface area contributed by atoms with E-state index in [0.717, 1.165) is 6.07 Å². The molecule has 2 aromatic carbocycles. The zero-order chi connectivity index (χ0) is 27.6. The fraction of sp³-hybridized carbons (Fsp3) is 0.308. The molecule has 1 aromatic heterocycles. The molecule has 3 aromatic rings. The first-order valence-corrected chi connectivity index (χ1v) is 12.7. The standard InChI is InChI=1S/C26H27Cl2FN6O3.ClH/c1-14-11-34(12-15(2)31-14)26(37)17-4-6-18(7-5-17)35(13-36)22-10-21(25(30)33-32-22)38-16(3)23-19(27)8-9-20(29)24(23)28;/h4-10,13-16,31H,11-12H2,1-3H3,(H2,30,33);1H/t14-,15+,16-;/m1./s1. The number of nitrogens with two attached hydrogens (primary N) is 1. The number of halogens is 4. The minimum absolute atomic E-state index is 0. The molecule has 4 rings (SSSR count). The van der Waals surface area contributed by atoms with E-state index in [4.69, 9.17) is 33.7 Å². The highest BCUT2D eigenvalue weighted by Gasteiger charge is 2.26. The molecule has 9 nitrogen and oxygen atoms in total. The molecular weight excluding hydrogens is 570 g/mol. The first-order chi connectivity index (χ1) is 18.1. The van der Waals surface area contributed by atoms with Gasteiger partial charge in [0.1, 0.15) is 11.9 Å². The second-order valence-corrected chi connectivity index (χ2v) is 9.96. The molecule has 208 valence electrons. The molecule has 1 fully saturated rings. The number of benzene rings is 2. The van der Waals surface area contributed by atoms with Gasteiger partial charge in [-0.3, -0.25) is 14.5 Å². The van der Waals surface area contributed by atoms with Crippen molar-refractivity contribution in [1.29, 1.82) is 0 Å². The van der Waals surface area contributed by atoms with Crippen molar-refractivity contribution in [2.45, 2.75) is 39.0 Å². The summed E-state index contributed by atoms with van der Waals surface area (Å²) in [6, 6.07) is 11.0. The monoisotopic (exact) mass is 596 g/mol. The van der Waals surface area contributed by atoms with Crippen molar-refractivity contribution in [1.82, 2.24) is 20.4 Å². The fourth-order valence-corrected chi connectivity index (χ4v) is 5.12. The van der Waals surface area contributed by atoms with Crippen LogP contribution in [0.4, 0.5) is 21.7 Å². The van der Waals surface area contributed by atoms with Gasteiger partial charge in [0.15, 0.2) is 17.4 Å². The quantitative estimate of drug-likeness (QED) is 0.285. The molecule has 1 aliphatic heterocycles. The number of nitrogen functional groups attached to an aromatic ring is 1. The van der Waals surface area contributed by atoms with Crippen LogP contribution >= 0.6 is 35.6 Å². The number of piperazine rings is 1. The SMILES string of the molecule is C[C@@H]1CN(C(=O)c2ccc(N(C=O)c3cc(O[C@H](C)c4c(Cl)ccc(F)c4Cl)c(N)nn3)cc2)C[C@H](C)N1.Cl. The summed E-state index contributed by atoms with van der Waals surface area (Å²) in [5, 5.41) is 11.4. The lowest BCUT2D eigenvalue weighted by Gasteiger charge is -2.36. The van der Waals surface area contributed by atoms with E-state index in [1.165, 1.54) is 17.0 Å². The molecule has 0 aliphatic carbocycles. The smallest absolute Gasteiger partial charge is 0.253 e. The largest absolute Gasteiger partial charge is 0.482 e. The number of ether oxygens (including phenoxy) is 1. The molecule has 0 unspecified atom stereocenters. The molecular formula is C26H28Cl3FN6O3. The minimum Gasteiger partial charge on any atom is -0.482 e. The zero-order valence-corrected chi connectivity index (χ0v) is 23.7. The summed E-state index contributed by atoms with van der Waals surface area (Å²) in [6.07, 6.45) is -0.236. The summed E-state index contributed by atoms with van der Waals surface area (Å²) in [4.78, 5) is 28.1. The lowest BCUT2D eigenvalue weighted by atomic mass is 10.1. The summed E-state index contributed by atoms with van der Waals surface area (Å²) in [6.45, 7) is 6.92. The second kappa shape index (κ2) is 12.8. The molecule has 39 heavy (non-hydrogen) atoms. The number of amides is 2. The van der Waals surface area contributed by atoms with Gasteiger partial charge in [0.25, 0.3) is 5.91 Å². The zero-order valence-electron chi connectivity index (χ0n) is 21.4. The van der Waals surface area contributed by atoms with Gasteiger partial charge in [-0.05, 0) is 57.2 Å². The molecule has 3 atom stereocenters. The van der Waals surface area contributed by atoms with Gasteiger partial charge in [0.2, 0.25) is 6.41 Å². The van der Waals surface area contributed by atoms with Crippen molar-refractivity contribution < 1.29 is 18.7 Å². The Labute approximate surface area is 241 Å². The molecule has 0 saturated carbocycles. The second-order valence-electron chi connectivity index (χ2n) is 9.17. The third kappa shape index (κ3) is 6.70. The Kier molecular flexibility index (Phi) is 9.95. The molecule has 2 amide bonds. The Morgan fingerprint density at radius 2 is 1.82 bits per heavy atom. The molecule has 0 spiro atoms. The van der Waals surface area contributed by atoms with Gasteiger partial charge >= 0.3 is 0 Å². The van der Waals surface area contributed by atoms with E-state index in [9.17, 15) is 14.0 Å². The van der Waals surface area contributed by atoms with Crippen LogP contribution in [-0.2, 0) is 4.79 Å². The number of hydrogen-bond acceptors (Lipinski definition) is 7. The van der Waals surface area contributed by atoms with E-state index in [1.54, 1.807) is 31.2 Å². The van der Waals surface area contributed by atoms with Crippen molar-refractivity contribution in [3.63, 3.8) is 0 Å². The Bertz CT molecular complexity index is 1340. The topological polar surface area (TPSA) is 114 Å². The summed E-state index contributed by atoms with van der Waals surface area (Å²) >= 11 is 12.3. The first-order valence-electron chi connectivity index (χ1n) is 11.9. The van der Waals surface area contributed by atoms with Crippen LogP contribution in [0, 0.1) is 5.82 Å². The number of carbonyl (C=O) groups is 2. The summed E-state index contributed by atoms with van der Waals surface area (Å²) < 4.78 is 19.9. The van der Waals surface area contributed by atoms with E-state index in [0.29, 0.717) is 30.8 Å². The third-order valence-corrected chi connectivity index (χ3v) is 6.87. The van der Waals surface area contributed by atoms with Crippen LogP contribution in [0.25, 0.3) is 0 Å². The number of carbonyl (C=O) groups excluding carboxylic acids is 2. The van der Waals surface area contributed by atoms with Crippen LogP contribution in [0.15, 0.2) is 42.5 Å². The van der Waals surface area contributed by atoms with Gasteiger partial charge in [-0.2, -0.15) is 0 Å². The van der Waals surface area contributed by atoms with Crippen molar-refractivity contribution >= 4 is 65.2 Å². The number of nitrogens with zero attached hydrogens (tertiary/aromatic N) is 4. The summed E-state index contributed by atoms with van der Waals surface area (Å²) in [7, 11) is 0. The van der Waals surface area contributed by atoms with Crippen LogP contribution in [0.3, 0.4) is 0 Å². The predicted molar refractivity (Wildman–Crippen MR) is 152 cm³/mol. The van der Waals surface area contributed by atoms with Gasteiger partial charge in [0.05, 0.1) is 10.7 Å². The van der Waals surface area contributed by atoms with Crippen molar-refractivity contribution in [3.05, 3.63) is 69.5 Å². The molecule has 3 N–H and O–H groups in total. The normalized spacial score (nSPS) is 17.6. The van der Waals surface area contributed by atoms with Crippen LogP contribution in [-0.4, -0.2) is 52.6 Å². The molecule has 1 saturated heterocycles. The number of aromatic nitrogens is 2. The Morgan fingerprint density at radius 3 is 2.44 bits per heavy atom. The van der Waals surface area contributed by atoms with Crippen LogP contribution in [0.2, 0.25) is 10.0 Å². The first kappa shape index (κ1) is 30.4. The average Bonchev–Trinajstić information content (AvgIpc) is 2.88. The average molecular weight is 598 g/mol. The van der Waals surface area contributed by atoms with Crippen LogP contribution in [0.5, 0.6) is 5.75 Å². The van der Waals surface area contributed by atoms with E-state index >= 15 is 0 Å². The van der Waals surface area contributed by atoms with Gasteiger partial charge in [0, 0.05) is 47.4 Å². The maximum Gasteiger partial charge on any atom is 0.253 e. The van der Waals surface area contributed by atoms with Gasteiger partial charge in [-0.1, -0.05) is 23.2 Å². The number of rotatable bonds is 7. The maximum atomic E-state index is 14.0. The Balaban J connectivity index is 0.00000420. The highest BCUT2D eigenvalue weighted by atomic mass is 35.5. The van der Waals surface area contributed by atoms with E-state index < -0.39 is 11.9 Å². The van der Waals surface area contributed by atoms with Crippen LogP contribution < -0.4 is 20.7 Å². The number of nitrogens with one attached hydrogen (secondary N) is 1. The summed E-state index contributed by atoms with van der Waals surface area (Å²) in [5.74, 6) is -0.550. The third-order valence-electron chi connectivity index (χ3n) is 6.15. The molecule has 0 radical (unpaired) electrons. The van der Waals surface area contributed by atoms with E-state index in [2.05, 4.69) is 15.5 Å². The van der Waals surface area contributed by atoms with E-state index in [-0.39, 0.29) is 63.4 Å². The van der Waals surface area contributed by atoms with Crippen molar-refractivity contribution in [2.24, 2.45) is 0 Å². The van der Waals surface area contributed by atoms with E-state index in [1.807, 2.05) is 18.7 Å². The fourth-order valence-electron chi connectivity index (χ4n) is 4.44. The number of hydrogen-bond donors (Lipinski definition) is 2. The molecule has 0 bridgehead atoms. The Hall–Kier alpha value is -3.18. The number of anilines is 3. The molecule has 1 aliphatic rings. The molecule has 13 heteroatoms. The van der Waals surface area contributed by atoms with Crippen LogP contribution in [0.1, 0.15) is 42.8 Å². The lowest BCUT2D eigenvalue weighted by molar-refractivity contribution is -0.106. The minimum atomic E-state index is -0.796. The van der Waals surface area contributed by atoms with Gasteiger partial charge < -0.3 is 20.7 Å². The van der Waals surface area contributed by atoms with Crippen molar-refractivity contribution in [2.75, 3.05) is 23.7 Å². The lowest BCUT2D eigenvalue weighted by Crippen LogP contribution is -2.55. The molecule has 2 heterocycles. The highest BCUT2D eigenvalue weighted by molar-refractivity contribution is 6.36. The van der Waals surface area contributed by atoms with Gasteiger partial charge in [-0.25, -0.2) is 4.39 Å². The highest BCUT2D eigenvalue weighted by Crippen LogP contribution is 2.37. The van der Waals surface area contributed by atoms with Crippen molar-refractivity contribution in [3.8, 4) is 5.75 Å². The van der Waals surface area contributed by atoms with Gasteiger partial charge in [-0.15, -0.1) is 22.6 Å². The predicted octanol–water partition coefficient (Wildman–Crippen LogP) is 5.18. The maximum absolute atomic E-state index is 14.0.